The minimum atomic E-state index is -0.0442. The first-order chi connectivity index (χ1) is 16.6. The molecule has 0 bridgehead atoms. The van der Waals surface area contributed by atoms with Crippen LogP contribution in [0.15, 0.2) is 111 Å². The zero-order valence-corrected chi connectivity index (χ0v) is 20.4. The lowest BCUT2D eigenvalue weighted by Gasteiger charge is -2.17. The first-order valence-corrected chi connectivity index (χ1v) is 12.6. The number of benzene rings is 4. The molecule has 0 atom stereocenters. The molecular weight excluding hydrogens is 458 g/mol. The Bertz CT molecular complexity index is 1530. The first kappa shape index (κ1) is 21.1. The molecule has 1 saturated heterocycles. The summed E-state index contributed by atoms with van der Waals surface area (Å²) < 4.78 is 0. The number of aryl methyl sites for hydroxylation is 1. The maximum atomic E-state index is 13.8. The average molecular weight is 480 g/mol. The van der Waals surface area contributed by atoms with Gasteiger partial charge in [-0.15, -0.1) is 0 Å². The Hall–Kier alpha value is -3.48. The van der Waals surface area contributed by atoms with Gasteiger partial charge < -0.3 is 4.90 Å². The molecule has 166 valence electrons. The zero-order chi connectivity index (χ0) is 23.2. The summed E-state index contributed by atoms with van der Waals surface area (Å²) in [5.41, 5.74) is 3.87. The summed E-state index contributed by atoms with van der Waals surface area (Å²) in [7, 11) is 2.02. The van der Waals surface area contributed by atoms with Crippen LogP contribution in [0.4, 0.5) is 17.1 Å². The van der Waals surface area contributed by atoms with Crippen LogP contribution in [0.2, 0.25) is 0 Å². The molecule has 2 aliphatic rings. The fourth-order valence-corrected chi connectivity index (χ4v) is 6.58. The van der Waals surface area contributed by atoms with Crippen molar-refractivity contribution in [3.8, 4) is 0 Å². The quantitative estimate of drug-likeness (QED) is 0.282. The first-order valence-electron chi connectivity index (χ1n) is 11.0. The van der Waals surface area contributed by atoms with Gasteiger partial charge in [0.15, 0.2) is 5.17 Å². The van der Waals surface area contributed by atoms with Crippen molar-refractivity contribution < 1.29 is 4.79 Å². The van der Waals surface area contributed by atoms with E-state index < -0.39 is 0 Å². The van der Waals surface area contributed by atoms with Gasteiger partial charge in [-0.05, 0) is 71.4 Å². The van der Waals surface area contributed by atoms with Crippen molar-refractivity contribution in [2.45, 2.75) is 11.8 Å². The predicted octanol–water partition coefficient (Wildman–Crippen LogP) is 7.33. The number of nitrogens with zero attached hydrogens (tertiary/aromatic N) is 3. The van der Waals surface area contributed by atoms with Crippen LogP contribution in [0.5, 0.6) is 0 Å². The van der Waals surface area contributed by atoms with E-state index in [-0.39, 0.29) is 5.91 Å². The number of fused-ring (bicyclic) bond motifs is 2. The van der Waals surface area contributed by atoms with Gasteiger partial charge in [0.25, 0.3) is 5.91 Å². The normalized spacial score (nSPS) is 18.9. The largest absolute Gasteiger partial charge is 0.337 e. The molecule has 0 N–H and O–H groups in total. The summed E-state index contributed by atoms with van der Waals surface area (Å²) in [6, 6.07) is 30.6. The zero-order valence-electron chi connectivity index (χ0n) is 18.7. The van der Waals surface area contributed by atoms with Crippen molar-refractivity contribution in [1.82, 2.24) is 0 Å². The number of aliphatic imine (C=N–C) groups is 1. The minimum Gasteiger partial charge on any atom is -0.337 e. The molecule has 1 fully saturated rings. The van der Waals surface area contributed by atoms with Gasteiger partial charge in [0.2, 0.25) is 0 Å². The van der Waals surface area contributed by atoms with E-state index in [0.717, 1.165) is 37.9 Å². The molecule has 0 saturated carbocycles. The third-order valence-electron chi connectivity index (χ3n) is 5.93. The number of carbonyl (C=O) groups excluding carboxylic acids is 1. The molecule has 0 aliphatic carbocycles. The van der Waals surface area contributed by atoms with Crippen molar-refractivity contribution in [2.24, 2.45) is 4.99 Å². The average Bonchev–Trinajstić information content (AvgIpc) is 3.35. The molecule has 0 spiro atoms. The number of para-hydroxylation sites is 1. The second-order valence-electron chi connectivity index (χ2n) is 8.27. The lowest BCUT2D eigenvalue weighted by Crippen LogP contribution is -2.29. The summed E-state index contributed by atoms with van der Waals surface area (Å²) in [5, 5.41) is 3.90. The molecule has 2 aliphatic heterocycles. The molecule has 6 rings (SSSR count). The van der Waals surface area contributed by atoms with Crippen LogP contribution in [-0.4, -0.2) is 18.1 Å². The number of amides is 1. The van der Waals surface area contributed by atoms with Crippen LogP contribution in [0.25, 0.3) is 10.8 Å². The number of hydrogen-bond acceptors (Lipinski definition) is 5. The van der Waals surface area contributed by atoms with Crippen molar-refractivity contribution >= 4 is 62.4 Å². The number of carbonyl (C=O) groups is 1. The van der Waals surface area contributed by atoms with E-state index in [2.05, 4.69) is 41.3 Å². The summed E-state index contributed by atoms with van der Waals surface area (Å²) in [5.74, 6) is -0.0442. The van der Waals surface area contributed by atoms with Crippen molar-refractivity contribution in [3.05, 3.63) is 106 Å². The van der Waals surface area contributed by atoms with Gasteiger partial charge in [0.1, 0.15) is 4.91 Å². The summed E-state index contributed by atoms with van der Waals surface area (Å²) in [6.45, 7) is 2.04. The molecule has 2 heterocycles. The highest BCUT2D eigenvalue weighted by atomic mass is 32.2. The Morgan fingerprint density at radius 1 is 0.794 bits per heavy atom. The van der Waals surface area contributed by atoms with E-state index >= 15 is 0 Å². The van der Waals surface area contributed by atoms with E-state index in [1.54, 1.807) is 16.7 Å². The van der Waals surface area contributed by atoms with Gasteiger partial charge in [0, 0.05) is 11.9 Å². The number of thioether (sulfide) groups is 2. The van der Waals surface area contributed by atoms with Gasteiger partial charge in [-0.25, -0.2) is 4.99 Å². The fourth-order valence-electron chi connectivity index (χ4n) is 4.23. The van der Waals surface area contributed by atoms with Crippen LogP contribution in [0.3, 0.4) is 0 Å². The van der Waals surface area contributed by atoms with Gasteiger partial charge in [-0.3, -0.25) is 9.69 Å². The Morgan fingerprint density at radius 2 is 1.59 bits per heavy atom. The van der Waals surface area contributed by atoms with Crippen LogP contribution in [-0.2, 0) is 4.79 Å². The molecule has 4 aromatic rings. The molecular formula is C28H21N3OS2. The number of amidine groups is 1. The molecule has 34 heavy (non-hydrogen) atoms. The number of hydrogen-bond donors (Lipinski definition) is 0. The Morgan fingerprint density at radius 3 is 2.41 bits per heavy atom. The van der Waals surface area contributed by atoms with Crippen molar-refractivity contribution in [3.63, 3.8) is 0 Å². The highest BCUT2D eigenvalue weighted by molar-refractivity contribution is 8.20. The Kier molecular flexibility index (Phi) is 5.20. The van der Waals surface area contributed by atoms with Gasteiger partial charge in [-0.2, -0.15) is 0 Å². The molecule has 6 heteroatoms. The summed E-state index contributed by atoms with van der Waals surface area (Å²) in [4.78, 5) is 24.5. The SMILES string of the molecule is Cc1cccc(N2C(=O)C(=C3Sc4ccccc4N3C)SC2=Nc2ccc3ccccc3c2)c1. The highest BCUT2D eigenvalue weighted by Crippen LogP contribution is 2.50. The highest BCUT2D eigenvalue weighted by Gasteiger charge is 2.40. The summed E-state index contributed by atoms with van der Waals surface area (Å²) in [6.07, 6.45) is 0. The standard InChI is InChI=1S/C28H21N3OS2/c1-18-8-7-11-22(16-18)31-26(32)25(27-30(2)23-12-5-6-13-24(23)33-27)34-28(31)29-21-15-14-19-9-3-4-10-20(19)17-21/h3-17H,1-2H3. The molecule has 0 radical (unpaired) electrons. The Balaban J connectivity index is 1.48. The van der Waals surface area contributed by atoms with Gasteiger partial charge in [0.05, 0.1) is 22.1 Å². The third kappa shape index (κ3) is 3.59. The topological polar surface area (TPSA) is 35.9 Å². The second-order valence-corrected chi connectivity index (χ2v) is 10.3. The maximum Gasteiger partial charge on any atom is 0.274 e. The second kappa shape index (κ2) is 8.38. The van der Waals surface area contributed by atoms with E-state index in [1.807, 2.05) is 68.6 Å². The molecule has 0 aromatic heterocycles. The lowest BCUT2D eigenvalue weighted by molar-refractivity contribution is -0.113. The maximum absolute atomic E-state index is 13.8. The predicted molar refractivity (Wildman–Crippen MR) is 145 cm³/mol. The van der Waals surface area contributed by atoms with E-state index in [0.29, 0.717) is 10.1 Å². The van der Waals surface area contributed by atoms with Crippen LogP contribution < -0.4 is 9.80 Å². The van der Waals surface area contributed by atoms with Crippen LogP contribution >= 0.6 is 23.5 Å². The molecule has 4 aromatic carbocycles. The lowest BCUT2D eigenvalue weighted by atomic mass is 10.1. The molecule has 4 nitrogen and oxygen atoms in total. The monoisotopic (exact) mass is 479 g/mol. The third-order valence-corrected chi connectivity index (χ3v) is 8.33. The van der Waals surface area contributed by atoms with Gasteiger partial charge >= 0.3 is 0 Å². The van der Waals surface area contributed by atoms with E-state index in [1.165, 1.54) is 17.1 Å². The van der Waals surface area contributed by atoms with E-state index in [9.17, 15) is 4.79 Å². The smallest absolute Gasteiger partial charge is 0.274 e. The fraction of sp³-hybridized carbons (Fsp3) is 0.0714. The molecule has 0 unspecified atom stereocenters. The Labute approximate surface area is 207 Å². The molecule has 1 amide bonds. The number of rotatable bonds is 2. The van der Waals surface area contributed by atoms with Crippen molar-refractivity contribution in [2.75, 3.05) is 16.8 Å². The van der Waals surface area contributed by atoms with Crippen molar-refractivity contribution in [1.29, 1.82) is 0 Å². The van der Waals surface area contributed by atoms with Crippen LogP contribution in [0, 0.1) is 6.92 Å². The van der Waals surface area contributed by atoms with E-state index in [4.69, 9.17) is 4.99 Å². The summed E-state index contributed by atoms with van der Waals surface area (Å²) >= 11 is 3.08. The van der Waals surface area contributed by atoms with Crippen LogP contribution in [0.1, 0.15) is 5.56 Å². The van der Waals surface area contributed by atoms with Gasteiger partial charge in [-0.1, -0.05) is 66.4 Å². The number of anilines is 2. The minimum absolute atomic E-state index is 0.0442.